The third-order valence-corrected chi connectivity index (χ3v) is 5.32. The van der Waals surface area contributed by atoms with Crippen molar-refractivity contribution in [2.24, 2.45) is 0 Å². The molecule has 0 fully saturated rings. The highest BCUT2D eigenvalue weighted by Gasteiger charge is 2.40. The first-order valence-electron chi connectivity index (χ1n) is 9.54. The van der Waals surface area contributed by atoms with Crippen LogP contribution in [0.2, 0.25) is 0 Å². The van der Waals surface area contributed by atoms with Gasteiger partial charge in [-0.3, -0.25) is 9.69 Å². The molecule has 4 rings (SSSR count). The third kappa shape index (κ3) is 3.49. The van der Waals surface area contributed by atoms with Crippen LogP contribution in [0.25, 0.3) is 0 Å². The number of nitrogens with zero attached hydrogens (tertiary/aromatic N) is 4. The molecule has 0 spiro atoms. The van der Waals surface area contributed by atoms with E-state index in [1.807, 2.05) is 31.2 Å². The number of carbonyl (C=O) groups excluding carboxylic acids is 1. The molecule has 7 nitrogen and oxygen atoms in total. The molecule has 3 aromatic rings. The van der Waals surface area contributed by atoms with E-state index in [1.165, 1.54) is 19.0 Å². The smallest absolute Gasteiger partial charge is 0.255 e. The van der Waals surface area contributed by atoms with Crippen LogP contribution in [0.5, 0.6) is 5.75 Å². The van der Waals surface area contributed by atoms with E-state index in [0.29, 0.717) is 12.4 Å². The number of rotatable bonds is 5. The Kier molecular flexibility index (Phi) is 5.31. The fourth-order valence-corrected chi connectivity index (χ4v) is 3.94. The molecule has 0 unspecified atom stereocenters. The summed E-state index contributed by atoms with van der Waals surface area (Å²) in [7, 11) is 3.18. The molecule has 2 aromatic carbocycles. The van der Waals surface area contributed by atoms with Crippen LogP contribution in [0.1, 0.15) is 35.2 Å². The molecular formula is C22H24N4O3. The Hall–Kier alpha value is -3.19. The van der Waals surface area contributed by atoms with Gasteiger partial charge in [-0.05, 0) is 25.0 Å². The molecule has 0 bridgehead atoms. The molecule has 150 valence electrons. The number of benzene rings is 2. The molecule has 2 heterocycles. The fraction of sp³-hybridized carbons (Fsp3) is 0.318. The van der Waals surface area contributed by atoms with Crippen molar-refractivity contribution in [2.45, 2.75) is 25.4 Å². The van der Waals surface area contributed by atoms with E-state index in [1.54, 1.807) is 16.7 Å². The Balaban J connectivity index is 1.85. The van der Waals surface area contributed by atoms with Crippen molar-refractivity contribution in [1.29, 1.82) is 0 Å². The van der Waals surface area contributed by atoms with Crippen LogP contribution in [0.15, 0.2) is 54.9 Å². The van der Waals surface area contributed by atoms with Gasteiger partial charge in [0.1, 0.15) is 18.7 Å². The molecule has 1 amide bonds. The highest BCUT2D eigenvalue weighted by atomic mass is 16.5. The van der Waals surface area contributed by atoms with Crippen molar-refractivity contribution in [3.8, 4) is 5.75 Å². The molecule has 0 saturated carbocycles. The van der Waals surface area contributed by atoms with Gasteiger partial charge in [-0.1, -0.05) is 48.0 Å². The lowest BCUT2D eigenvalue weighted by Crippen LogP contribution is -2.44. The number of methoxy groups -OCH3 is 2. The van der Waals surface area contributed by atoms with Crippen molar-refractivity contribution in [1.82, 2.24) is 14.8 Å². The van der Waals surface area contributed by atoms with Crippen molar-refractivity contribution < 1.29 is 14.3 Å². The summed E-state index contributed by atoms with van der Waals surface area (Å²) in [4.78, 5) is 19.1. The average Bonchev–Trinajstić information content (AvgIpc) is 3.23. The molecular weight excluding hydrogens is 368 g/mol. The summed E-state index contributed by atoms with van der Waals surface area (Å²) in [6, 6.07) is 15.9. The van der Waals surface area contributed by atoms with Crippen LogP contribution < -0.4 is 9.64 Å². The first-order chi connectivity index (χ1) is 14.1. The molecule has 0 aliphatic carbocycles. The van der Waals surface area contributed by atoms with Gasteiger partial charge in [0.05, 0.1) is 19.2 Å². The molecule has 0 N–H and O–H groups in total. The third-order valence-electron chi connectivity index (χ3n) is 5.32. The predicted molar refractivity (Wildman–Crippen MR) is 109 cm³/mol. The first kappa shape index (κ1) is 19.1. The molecule has 29 heavy (non-hydrogen) atoms. The van der Waals surface area contributed by atoms with Crippen LogP contribution in [0.3, 0.4) is 0 Å². The topological polar surface area (TPSA) is 69.5 Å². The highest BCUT2D eigenvalue weighted by molar-refractivity contribution is 5.93. The minimum atomic E-state index is -0.190. The molecule has 1 aliphatic heterocycles. The van der Waals surface area contributed by atoms with Crippen LogP contribution in [-0.4, -0.2) is 41.5 Å². The van der Waals surface area contributed by atoms with Crippen molar-refractivity contribution in [3.05, 3.63) is 71.5 Å². The quantitative estimate of drug-likeness (QED) is 0.666. The number of ether oxygens (including phenoxy) is 2. The zero-order valence-electron chi connectivity index (χ0n) is 16.8. The summed E-state index contributed by atoms with van der Waals surface area (Å²) in [6.07, 6.45) is 2.14. The average molecular weight is 392 g/mol. The molecule has 2 atom stereocenters. The van der Waals surface area contributed by atoms with Crippen LogP contribution in [0, 0.1) is 6.92 Å². The van der Waals surface area contributed by atoms with Gasteiger partial charge in [0.15, 0.2) is 0 Å². The van der Waals surface area contributed by atoms with Gasteiger partial charge >= 0.3 is 0 Å². The summed E-state index contributed by atoms with van der Waals surface area (Å²) >= 11 is 0. The molecule has 1 aromatic heterocycles. The van der Waals surface area contributed by atoms with E-state index in [0.717, 1.165) is 16.9 Å². The number of hydrogen-bond donors (Lipinski definition) is 0. The van der Waals surface area contributed by atoms with Crippen LogP contribution in [0.4, 0.5) is 5.95 Å². The number of aryl methyl sites for hydroxylation is 1. The Morgan fingerprint density at radius 1 is 1.10 bits per heavy atom. The second-order valence-corrected chi connectivity index (χ2v) is 7.12. The number of hydrogen-bond acceptors (Lipinski definition) is 5. The van der Waals surface area contributed by atoms with Gasteiger partial charge in [0, 0.05) is 12.7 Å². The van der Waals surface area contributed by atoms with E-state index in [4.69, 9.17) is 9.47 Å². The van der Waals surface area contributed by atoms with Crippen molar-refractivity contribution in [2.75, 3.05) is 25.7 Å². The normalized spacial score (nSPS) is 18.4. The summed E-state index contributed by atoms with van der Waals surface area (Å²) < 4.78 is 12.5. The second kappa shape index (κ2) is 8.05. The van der Waals surface area contributed by atoms with Gasteiger partial charge < -0.3 is 9.47 Å². The highest BCUT2D eigenvalue weighted by Crippen LogP contribution is 2.43. The van der Waals surface area contributed by atoms with Crippen molar-refractivity contribution >= 4 is 11.9 Å². The fourth-order valence-electron chi connectivity index (χ4n) is 3.94. The van der Waals surface area contributed by atoms with Crippen molar-refractivity contribution in [3.63, 3.8) is 0 Å². The standard InChI is InChI=1S/C22H24N4O3/c1-15-8-10-16(11-9-15)18-12-19(17-6-4-5-7-20(17)29-3)26-22(23-14-24-26)25(18)21(27)13-28-2/h4-11,14,18-19H,12-13H2,1-3H3/t18-,19-/m1/s1. The SMILES string of the molecule is COCC(=O)N1c2ncnn2[C@@H](c2ccccc2OC)C[C@@H]1c1ccc(C)cc1. The van der Waals surface area contributed by atoms with Gasteiger partial charge in [-0.15, -0.1) is 0 Å². The zero-order chi connectivity index (χ0) is 20.4. The first-order valence-corrected chi connectivity index (χ1v) is 9.54. The summed E-state index contributed by atoms with van der Waals surface area (Å²) in [5.74, 6) is 1.16. The predicted octanol–water partition coefficient (Wildman–Crippen LogP) is 3.31. The van der Waals surface area contributed by atoms with Gasteiger partial charge in [-0.25, -0.2) is 4.68 Å². The van der Waals surface area contributed by atoms with E-state index < -0.39 is 0 Å². The van der Waals surface area contributed by atoms with Crippen LogP contribution >= 0.6 is 0 Å². The van der Waals surface area contributed by atoms with Gasteiger partial charge in [0.2, 0.25) is 5.95 Å². The minimum Gasteiger partial charge on any atom is -0.496 e. The maximum Gasteiger partial charge on any atom is 0.255 e. The van der Waals surface area contributed by atoms with E-state index >= 15 is 0 Å². The van der Waals surface area contributed by atoms with Gasteiger partial charge in [-0.2, -0.15) is 10.1 Å². The van der Waals surface area contributed by atoms with E-state index in [-0.39, 0.29) is 24.6 Å². The van der Waals surface area contributed by atoms with Crippen LogP contribution in [-0.2, 0) is 9.53 Å². The second-order valence-electron chi connectivity index (χ2n) is 7.12. The number of para-hydroxylation sites is 1. The summed E-state index contributed by atoms with van der Waals surface area (Å²) in [6.45, 7) is 2.03. The van der Waals surface area contributed by atoms with E-state index in [9.17, 15) is 4.79 Å². The minimum absolute atomic E-state index is 0.0193. The lowest BCUT2D eigenvalue weighted by Gasteiger charge is -2.39. The number of amides is 1. The molecule has 0 saturated heterocycles. The zero-order valence-corrected chi connectivity index (χ0v) is 16.8. The lowest BCUT2D eigenvalue weighted by molar-refractivity contribution is -0.123. The largest absolute Gasteiger partial charge is 0.496 e. The summed E-state index contributed by atoms with van der Waals surface area (Å²) in [5, 5.41) is 4.44. The van der Waals surface area contributed by atoms with E-state index in [2.05, 4.69) is 34.3 Å². The Labute approximate surface area is 169 Å². The molecule has 0 radical (unpaired) electrons. The maximum absolute atomic E-state index is 13.0. The lowest BCUT2D eigenvalue weighted by atomic mass is 9.91. The molecule has 1 aliphatic rings. The Morgan fingerprint density at radius 3 is 2.59 bits per heavy atom. The Morgan fingerprint density at radius 2 is 1.86 bits per heavy atom. The summed E-state index contributed by atoms with van der Waals surface area (Å²) in [5.41, 5.74) is 3.23. The molecule has 7 heteroatoms. The van der Waals surface area contributed by atoms with Gasteiger partial charge in [0.25, 0.3) is 5.91 Å². The number of aromatic nitrogens is 3. The maximum atomic E-state index is 13.0. The number of fused-ring (bicyclic) bond motifs is 1. The number of carbonyl (C=O) groups is 1. The Bertz CT molecular complexity index is 999. The number of anilines is 1. The monoisotopic (exact) mass is 392 g/mol.